The van der Waals surface area contributed by atoms with E-state index in [9.17, 15) is 9.18 Å². The molecule has 0 bridgehead atoms. The summed E-state index contributed by atoms with van der Waals surface area (Å²) < 4.78 is 19.7. The lowest BCUT2D eigenvalue weighted by Crippen LogP contribution is -2.37. The summed E-state index contributed by atoms with van der Waals surface area (Å²) in [6.07, 6.45) is 2.13. The van der Waals surface area contributed by atoms with Gasteiger partial charge in [0.15, 0.2) is 0 Å². The predicted octanol–water partition coefficient (Wildman–Crippen LogP) is 4.19. The van der Waals surface area contributed by atoms with Crippen LogP contribution in [0.15, 0.2) is 42.5 Å². The Bertz CT molecular complexity index is 773. The number of nitrogens with zero attached hydrogens (tertiary/aromatic N) is 1. The second kappa shape index (κ2) is 9.31. The number of likely N-dealkylation sites (tertiary alicyclic amines) is 1. The van der Waals surface area contributed by atoms with E-state index in [4.69, 9.17) is 16.3 Å². The average Bonchev–Trinajstić information content (AvgIpc) is 3.19. The highest BCUT2D eigenvalue weighted by molar-refractivity contribution is 6.31. The van der Waals surface area contributed by atoms with Gasteiger partial charge in [-0.15, -0.1) is 0 Å². The van der Waals surface area contributed by atoms with Crippen LogP contribution in [0.1, 0.15) is 40.4 Å². The van der Waals surface area contributed by atoms with Gasteiger partial charge in [-0.3, -0.25) is 9.69 Å². The minimum atomic E-state index is -0.339. The molecule has 0 radical (unpaired) electrons. The second-order valence-electron chi connectivity index (χ2n) is 6.69. The summed E-state index contributed by atoms with van der Waals surface area (Å²) in [5.41, 5.74) is 1.84. The fourth-order valence-electron chi connectivity index (χ4n) is 3.60. The Labute approximate surface area is 164 Å². The van der Waals surface area contributed by atoms with E-state index in [1.165, 1.54) is 6.07 Å². The van der Waals surface area contributed by atoms with Crippen molar-refractivity contribution in [3.63, 3.8) is 0 Å². The molecule has 4 nitrogen and oxygen atoms in total. The summed E-state index contributed by atoms with van der Waals surface area (Å²) in [5.74, 6) is -0.534. The first-order chi connectivity index (χ1) is 13.1. The molecule has 144 valence electrons. The topological polar surface area (TPSA) is 41.6 Å². The first kappa shape index (κ1) is 19.8. The number of nitrogens with one attached hydrogen (secondary N) is 1. The Morgan fingerprint density at radius 1 is 1.22 bits per heavy atom. The summed E-state index contributed by atoms with van der Waals surface area (Å²) in [6, 6.07) is 11.7. The van der Waals surface area contributed by atoms with Crippen molar-refractivity contribution >= 4 is 17.5 Å². The maximum atomic E-state index is 14.5. The van der Waals surface area contributed by atoms with E-state index in [-0.39, 0.29) is 17.8 Å². The lowest BCUT2D eigenvalue weighted by molar-refractivity contribution is 0.0932. The molecule has 0 spiro atoms. The van der Waals surface area contributed by atoms with Gasteiger partial charge in [-0.25, -0.2) is 4.39 Å². The van der Waals surface area contributed by atoms with Crippen molar-refractivity contribution in [1.82, 2.24) is 10.2 Å². The molecule has 1 fully saturated rings. The Morgan fingerprint density at radius 3 is 2.67 bits per heavy atom. The normalized spacial score (nSPS) is 15.7. The number of methoxy groups -OCH3 is 1. The van der Waals surface area contributed by atoms with Crippen molar-refractivity contribution in [3.05, 3.63) is 70.0 Å². The van der Waals surface area contributed by atoms with Gasteiger partial charge in [0.2, 0.25) is 0 Å². The summed E-state index contributed by atoms with van der Waals surface area (Å²) >= 11 is 6.31. The highest BCUT2D eigenvalue weighted by atomic mass is 35.5. The van der Waals surface area contributed by atoms with Crippen LogP contribution in [0.3, 0.4) is 0 Å². The minimum Gasteiger partial charge on any atom is -0.380 e. The van der Waals surface area contributed by atoms with E-state index in [0.29, 0.717) is 29.3 Å². The molecular formula is C21H24ClFN2O2. The Balaban J connectivity index is 1.80. The summed E-state index contributed by atoms with van der Waals surface area (Å²) in [7, 11) is 1.60. The number of ether oxygens (including phenoxy) is 1. The third-order valence-electron chi connectivity index (χ3n) is 4.93. The Kier molecular flexibility index (Phi) is 6.83. The van der Waals surface area contributed by atoms with Crippen molar-refractivity contribution in [2.24, 2.45) is 0 Å². The smallest absolute Gasteiger partial charge is 0.251 e. The zero-order valence-corrected chi connectivity index (χ0v) is 16.1. The molecule has 2 aromatic carbocycles. The van der Waals surface area contributed by atoms with E-state index < -0.39 is 0 Å². The zero-order valence-electron chi connectivity index (χ0n) is 15.4. The molecule has 3 rings (SSSR count). The minimum absolute atomic E-state index is 0.195. The fourth-order valence-corrected chi connectivity index (χ4v) is 3.89. The number of hydrogen-bond donors (Lipinski definition) is 1. The number of hydrogen-bond acceptors (Lipinski definition) is 3. The van der Waals surface area contributed by atoms with Gasteiger partial charge in [-0.05, 0) is 49.7 Å². The molecule has 2 aromatic rings. The first-order valence-electron chi connectivity index (χ1n) is 9.15. The molecule has 1 amide bonds. The number of rotatable bonds is 7. The van der Waals surface area contributed by atoms with Crippen LogP contribution in [-0.2, 0) is 11.3 Å². The van der Waals surface area contributed by atoms with Gasteiger partial charge in [-0.1, -0.05) is 35.9 Å². The number of benzene rings is 2. The largest absolute Gasteiger partial charge is 0.380 e. The van der Waals surface area contributed by atoms with Gasteiger partial charge in [0.05, 0.1) is 12.6 Å². The van der Waals surface area contributed by atoms with Gasteiger partial charge in [0.1, 0.15) is 5.82 Å². The lowest BCUT2D eigenvalue weighted by atomic mass is 10.0. The van der Waals surface area contributed by atoms with Crippen molar-refractivity contribution in [2.45, 2.75) is 25.5 Å². The summed E-state index contributed by atoms with van der Waals surface area (Å²) in [4.78, 5) is 14.9. The van der Waals surface area contributed by atoms with Crippen LogP contribution in [0.25, 0.3) is 0 Å². The van der Waals surface area contributed by atoms with E-state index in [1.807, 2.05) is 18.2 Å². The fraction of sp³-hybridized carbons (Fsp3) is 0.381. The van der Waals surface area contributed by atoms with E-state index in [2.05, 4.69) is 10.2 Å². The van der Waals surface area contributed by atoms with Crippen LogP contribution in [0.5, 0.6) is 0 Å². The second-order valence-corrected chi connectivity index (χ2v) is 7.10. The van der Waals surface area contributed by atoms with Gasteiger partial charge in [0.25, 0.3) is 5.91 Å². The standard InChI is InChI=1S/C21H24ClFN2O2/c1-27-14-15-7-2-3-8-16(15)21(26)24-13-19(25-11-4-5-12-25)20-17(22)9-6-10-18(20)23/h2-3,6-10,19H,4-5,11-14H2,1H3,(H,24,26). The maximum Gasteiger partial charge on any atom is 0.251 e. The van der Waals surface area contributed by atoms with Crippen molar-refractivity contribution in [2.75, 3.05) is 26.7 Å². The maximum absolute atomic E-state index is 14.5. The average molecular weight is 391 g/mol. The molecule has 1 atom stereocenters. The number of halogens is 2. The highest BCUT2D eigenvalue weighted by Crippen LogP contribution is 2.32. The predicted molar refractivity (Wildman–Crippen MR) is 104 cm³/mol. The number of amides is 1. The lowest BCUT2D eigenvalue weighted by Gasteiger charge is -2.29. The molecule has 0 saturated carbocycles. The van der Waals surface area contributed by atoms with E-state index in [0.717, 1.165) is 31.5 Å². The number of carbonyl (C=O) groups is 1. The van der Waals surface area contributed by atoms with Gasteiger partial charge in [-0.2, -0.15) is 0 Å². The molecule has 0 aromatic heterocycles. The first-order valence-corrected chi connectivity index (χ1v) is 9.52. The molecule has 1 aliphatic heterocycles. The van der Waals surface area contributed by atoms with Crippen LogP contribution in [0.4, 0.5) is 4.39 Å². The Hall–Kier alpha value is -1.95. The van der Waals surface area contributed by atoms with Crippen molar-refractivity contribution in [1.29, 1.82) is 0 Å². The van der Waals surface area contributed by atoms with E-state index in [1.54, 1.807) is 25.3 Å². The monoisotopic (exact) mass is 390 g/mol. The molecule has 0 aliphatic carbocycles. The van der Waals surface area contributed by atoms with Crippen LogP contribution >= 0.6 is 11.6 Å². The quantitative estimate of drug-likeness (QED) is 0.770. The molecule has 6 heteroatoms. The van der Waals surface area contributed by atoms with Gasteiger partial charge >= 0.3 is 0 Å². The molecule has 1 aliphatic rings. The molecule has 1 unspecified atom stereocenters. The van der Waals surface area contributed by atoms with Crippen molar-refractivity contribution in [3.8, 4) is 0 Å². The Morgan fingerprint density at radius 2 is 1.96 bits per heavy atom. The highest BCUT2D eigenvalue weighted by Gasteiger charge is 2.28. The van der Waals surface area contributed by atoms with Crippen LogP contribution in [-0.4, -0.2) is 37.6 Å². The summed E-state index contributed by atoms with van der Waals surface area (Å²) in [5, 5.41) is 3.36. The molecular weight excluding hydrogens is 367 g/mol. The number of carbonyl (C=O) groups excluding carboxylic acids is 1. The third kappa shape index (κ3) is 4.67. The molecule has 1 saturated heterocycles. The van der Waals surface area contributed by atoms with Gasteiger partial charge < -0.3 is 10.1 Å². The SMILES string of the molecule is COCc1ccccc1C(=O)NCC(c1c(F)cccc1Cl)N1CCCC1. The van der Waals surface area contributed by atoms with Crippen LogP contribution < -0.4 is 5.32 Å². The molecule has 1 heterocycles. The van der Waals surface area contributed by atoms with Crippen LogP contribution in [0, 0.1) is 5.82 Å². The van der Waals surface area contributed by atoms with Crippen molar-refractivity contribution < 1.29 is 13.9 Å². The summed E-state index contributed by atoms with van der Waals surface area (Å²) in [6.45, 7) is 2.38. The molecule has 1 N–H and O–H groups in total. The van der Waals surface area contributed by atoms with E-state index >= 15 is 0 Å². The zero-order chi connectivity index (χ0) is 19.2. The third-order valence-corrected chi connectivity index (χ3v) is 5.26. The van der Waals surface area contributed by atoms with Crippen LogP contribution in [0.2, 0.25) is 5.02 Å². The van der Waals surface area contributed by atoms with Gasteiger partial charge in [0, 0.05) is 29.8 Å². The molecule has 27 heavy (non-hydrogen) atoms.